The van der Waals surface area contributed by atoms with Crippen molar-refractivity contribution in [3.05, 3.63) is 23.3 Å². The van der Waals surface area contributed by atoms with E-state index in [2.05, 4.69) is 109 Å². The molecule has 0 radical (unpaired) electrons. The van der Waals surface area contributed by atoms with Crippen molar-refractivity contribution in [1.82, 2.24) is 0 Å². The van der Waals surface area contributed by atoms with E-state index in [0.29, 0.717) is 46.7 Å². The van der Waals surface area contributed by atoms with Crippen LogP contribution < -0.4 is 0 Å². The van der Waals surface area contributed by atoms with Crippen LogP contribution in [0.1, 0.15) is 238 Å². The van der Waals surface area contributed by atoms with Gasteiger partial charge in [0.2, 0.25) is 0 Å². The maximum Gasteiger partial charge on any atom is 0.508 e. The fourth-order valence-corrected chi connectivity index (χ4v) is 18.3. The molecule has 6 nitrogen and oxygen atoms in total. The Kier molecular flexibility index (Phi) is 18.5. The molecule has 0 N–H and O–H groups in total. The van der Waals surface area contributed by atoms with Crippen LogP contribution in [-0.4, -0.2) is 37.7 Å². The monoisotopic (exact) mass is 973 g/mol. The molecule has 0 unspecified atom stereocenters. The summed E-state index contributed by atoms with van der Waals surface area (Å²) < 4.78 is 22.1. The van der Waals surface area contributed by atoms with Gasteiger partial charge in [0, 0.05) is 12.8 Å². The van der Waals surface area contributed by atoms with Gasteiger partial charge in [-0.05, 0) is 194 Å². The summed E-state index contributed by atoms with van der Waals surface area (Å²) in [6.45, 7) is 34.1. The molecule has 0 heterocycles. The third-order valence-corrected chi connectivity index (χ3v) is 22.1. The number of rotatable bonds is 16. The van der Waals surface area contributed by atoms with E-state index in [9.17, 15) is 9.59 Å². The minimum atomic E-state index is -0.477. The highest BCUT2D eigenvalue weighted by molar-refractivity contribution is 5.60. The maximum absolute atomic E-state index is 12.2. The van der Waals surface area contributed by atoms with Crippen LogP contribution in [-0.2, 0) is 18.9 Å². The van der Waals surface area contributed by atoms with Crippen molar-refractivity contribution in [3.8, 4) is 0 Å². The summed E-state index contributed by atoms with van der Waals surface area (Å²) in [4.78, 5) is 24.3. The van der Waals surface area contributed by atoms with Crippen molar-refractivity contribution in [2.45, 2.75) is 250 Å². The largest absolute Gasteiger partial charge is 0.508 e. The Hall–Kier alpha value is -1.98. The van der Waals surface area contributed by atoms with E-state index in [4.69, 9.17) is 18.9 Å². The minimum absolute atomic E-state index is 0.0121. The van der Waals surface area contributed by atoms with Gasteiger partial charge in [-0.15, -0.1) is 0 Å². The molecular formula is C64H108O6. The Balaban J connectivity index is 0.000000206. The van der Waals surface area contributed by atoms with Crippen LogP contribution in [0.5, 0.6) is 0 Å². The van der Waals surface area contributed by atoms with Gasteiger partial charge < -0.3 is 18.9 Å². The normalized spacial score (nSPS) is 39.5. The highest BCUT2D eigenvalue weighted by Crippen LogP contribution is 2.69. The molecule has 8 aliphatic rings. The molecule has 70 heavy (non-hydrogen) atoms. The van der Waals surface area contributed by atoms with Gasteiger partial charge in [0.15, 0.2) is 0 Å². The number of hydrogen-bond donors (Lipinski definition) is 0. The molecule has 0 saturated heterocycles. The number of ether oxygens (including phenoxy) is 4. The van der Waals surface area contributed by atoms with E-state index in [-0.39, 0.29) is 12.2 Å². The van der Waals surface area contributed by atoms with Gasteiger partial charge in [-0.1, -0.05) is 159 Å². The molecule has 16 atom stereocenters. The molecule has 6 saturated carbocycles. The molecule has 6 fully saturated rings. The predicted molar refractivity (Wildman–Crippen MR) is 288 cm³/mol. The van der Waals surface area contributed by atoms with Crippen LogP contribution in [0.15, 0.2) is 23.3 Å². The number of fused-ring (bicyclic) bond motifs is 10. The highest BCUT2D eigenvalue weighted by Gasteiger charge is 2.61. The molecular weight excluding hydrogens is 865 g/mol. The number of hydrogen-bond acceptors (Lipinski definition) is 6. The smallest absolute Gasteiger partial charge is 0.434 e. The van der Waals surface area contributed by atoms with Crippen molar-refractivity contribution in [2.75, 3.05) is 13.2 Å². The Bertz CT molecular complexity index is 1670. The van der Waals surface area contributed by atoms with Crippen molar-refractivity contribution in [3.63, 3.8) is 0 Å². The Labute approximate surface area is 430 Å². The first-order valence-electron chi connectivity index (χ1n) is 30.1. The van der Waals surface area contributed by atoms with Gasteiger partial charge >= 0.3 is 12.3 Å². The second-order valence-corrected chi connectivity index (χ2v) is 28.5. The van der Waals surface area contributed by atoms with Crippen LogP contribution >= 0.6 is 0 Å². The van der Waals surface area contributed by atoms with Gasteiger partial charge in [0.25, 0.3) is 0 Å². The highest BCUT2D eigenvalue weighted by atomic mass is 16.7. The van der Waals surface area contributed by atoms with Crippen molar-refractivity contribution < 1.29 is 28.5 Å². The van der Waals surface area contributed by atoms with Crippen LogP contribution in [0.3, 0.4) is 0 Å². The minimum Gasteiger partial charge on any atom is -0.434 e. The zero-order valence-corrected chi connectivity index (χ0v) is 47.8. The lowest BCUT2D eigenvalue weighted by atomic mass is 9.47. The molecule has 400 valence electrons. The van der Waals surface area contributed by atoms with Gasteiger partial charge in [-0.3, -0.25) is 0 Å². The van der Waals surface area contributed by atoms with Crippen LogP contribution in [0.4, 0.5) is 9.59 Å². The molecule has 0 aromatic carbocycles. The maximum atomic E-state index is 12.2. The van der Waals surface area contributed by atoms with E-state index in [1.165, 1.54) is 103 Å². The van der Waals surface area contributed by atoms with Crippen LogP contribution in [0, 0.1) is 105 Å². The summed E-state index contributed by atoms with van der Waals surface area (Å²) in [7, 11) is 0. The first kappa shape index (κ1) is 55.8. The van der Waals surface area contributed by atoms with E-state index < -0.39 is 12.3 Å². The molecule has 0 aromatic rings. The summed E-state index contributed by atoms with van der Waals surface area (Å²) in [5.74, 6) is 11.0. The fraction of sp³-hybridized carbons (Fsp3) is 0.906. The molecule has 8 rings (SSSR count). The summed E-state index contributed by atoms with van der Waals surface area (Å²) >= 11 is 0. The van der Waals surface area contributed by atoms with Crippen molar-refractivity contribution in [1.29, 1.82) is 0 Å². The standard InChI is InChI=1S/2C32H54O3/c2*1-21(2)9-8-10-23(5)27-13-14-28-26-12-11-24-19-25(35-30(33)34-20-22(3)4)15-17-31(24,6)29(26)16-18-32(27,28)7/h2*11,21-23,25-29H,8-10,12-20H2,1-7H3/t2*23-,25+,26+,27-,28+,29+,31+,32-/m11/s1. The zero-order valence-electron chi connectivity index (χ0n) is 47.8. The molecule has 8 aliphatic carbocycles. The quantitative estimate of drug-likeness (QED) is 0.113. The molecule has 0 aromatic heterocycles. The fourth-order valence-electron chi connectivity index (χ4n) is 18.3. The van der Waals surface area contributed by atoms with Crippen molar-refractivity contribution >= 4 is 12.3 Å². The Morgan fingerprint density at radius 3 is 1.23 bits per heavy atom. The first-order chi connectivity index (χ1) is 33.1. The lowest BCUT2D eigenvalue weighted by Crippen LogP contribution is -2.51. The molecule has 0 bridgehead atoms. The van der Waals surface area contributed by atoms with Gasteiger partial charge in [-0.2, -0.15) is 0 Å². The van der Waals surface area contributed by atoms with Gasteiger partial charge in [0.1, 0.15) is 12.2 Å². The summed E-state index contributed by atoms with van der Waals surface area (Å²) in [6, 6.07) is 0. The molecule has 6 heteroatoms. The number of carbonyl (C=O) groups excluding carboxylic acids is 2. The number of carbonyl (C=O) groups is 2. The summed E-state index contributed by atoms with van der Waals surface area (Å²) in [5.41, 5.74) is 4.83. The van der Waals surface area contributed by atoms with Crippen molar-refractivity contribution in [2.24, 2.45) is 105 Å². The Morgan fingerprint density at radius 2 is 0.871 bits per heavy atom. The molecule has 0 aliphatic heterocycles. The number of allylic oxidation sites excluding steroid dienone is 2. The van der Waals surface area contributed by atoms with Gasteiger partial charge in [-0.25, -0.2) is 9.59 Å². The van der Waals surface area contributed by atoms with Crippen LogP contribution in [0.2, 0.25) is 0 Å². The third-order valence-electron chi connectivity index (χ3n) is 22.1. The predicted octanol–water partition coefficient (Wildman–Crippen LogP) is 18.4. The summed E-state index contributed by atoms with van der Waals surface area (Å²) in [5, 5.41) is 0. The van der Waals surface area contributed by atoms with E-state index >= 15 is 0 Å². The molecule has 0 spiro atoms. The average Bonchev–Trinajstić information content (AvgIpc) is 3.85. The van der Waals surface area contributed by atoms with E-state index in [1.54, 1.807) is 11.1 Å². The topological polar surface area (TPSA) is 71.1 Å². The zero-order chi connectivity index (χ0) is 50.8. The lowest BCUT2D eigenvalue weighted by Gasteiger charge is -2.58. The second-order valence-electron chi connectivity index (χ2n) is 28.5. The van der Waals surface area contributed by atoms with Crippen LogP contribution in [0.25, 0.3) is 0 Å². The van der Waals surface area contributed by atoms with E-state index in [1.807, 2.05) is 0 Å². The summed E-state index contributed by atoms with van der Waals surface area (Å²) in [6.07, 6.45) is 32.6. The SMILES string of the molecule is CC(C)CCC[C@@H](C)[C@H]1CC[C@H]2[C@@H]3CC=C4C[C@@H](OC(=O)OCC(C)C)CC[C@]4(C)[C@H]3CC[C@]12C.CC(C)CCC[C@@H](C)[C@H]1CC[C@H]2[C@@H]3CC=C4C[C@@H](OC(=O)OCC(C)C)CC[C@]4(C)[C@H]3CC[C@]12C. The molecule has 0 amide bonds. The Morgan fingerprint density at radius 1 is 0.486 bits per heavy atom. The third kappa shape index (κ3) is 12.1. The second kappa shape index (κ2) is 23.3. The first-order valence-corrected chi connectivity index (χ1v) is 30.1. The lowest BCUT2D eigenvalue weighted by molar-refractivity contribution is -0.0620. The van der Waals surface area contributed by atoms with E-state index in [0.717, 1.165) is 110 Å². The van der Waals surface area contributed by atoms with Gasteiger partial charge in [0.05, 0.1) is 13.2 Å². The average molecular weight is 974 g/mol.